The van der Waals surface area contributed by atoms with Crippen LogP contribution in [-0.4, -0.2) is 14.5 Å². The van der Waals surface area contributed by atoms with Crippen molar-refractivity contribution in [2.75, 3.05) is 0 Å². The SMILES string of the molecule is c1ccc(-c2nc(-c3ccccc3)c3cc(-n4c5ccccc5c5c6sc7ccccc7c6c6c7ccccc7sc6c54)ccc3n2)cc1. The number of thiophene rings is 2. The molecule has 49 heavy (non-hydrogen) atoms. The Labute approximate surface area is 289 Å². The van der Waals surface area contributed by atoms with E-state index in [1.165, 1.54) is 62.2 Å². The van der Waals surface area contributed by atoms with E-state index in [2.05, 4.69) is 138 Å². The second-order valence-electron chi connectivity index (χ2n) is 12.5. The van der Waals surface area contributed by atoms with Gasteiger partial charge in [-0.2, -0.15) is 0 Å². The fourth-order valence-corrected chi connectivity index (χ4v) is 10.2. The lowest BCUT2D eigenvalue weighted by Crippen LogP contribution is -1.98. The first-order valence-electron chi connectivity index (χ1n) is 16.4. The van der Waals surface area contributed by atoms with E-state index in [4.69, 9.17) is 9.97 Å². The van der Waals surface area contributed by atoms with Crippen molar-refractivity contribution in [3.05, 3.63) is 152 Å². The monoisotopic (exact) mass is 659 g/mol. The molecule has 0 N–H and O–H groups in total. The summed E-state index contributed by atoms with van der Waals surface area (Å²) in [6, 6.07) is 54.2. The maximum atomic E-state index is 5.22. The van der Waals surface area contributed by atoms with Crippen molar-refractivity contribution >= 4 is 95.7 Å². The van der Waals surface area contributed by atoms with Crippen LogP contribution in [0.4, 0.5) is 0 Å². The predicted octanol–water partition coefficient (Wildman–Crippen LogP) is 12.8. The van der Waals surface area contributed by atoms with Crippen LogP contribution in [0.2, 0.25) is 0 Å². The van der Waals surface area contributed by atoms with Crippen molar-refractivity contribution < 1.29 is 0 Å². The highest BCUT2D eigenvalue weighted by Crippen LogP contribution is 2.52. The topological polar surface area (TPSA) is 30.7 Å². The molecule has 0 saturated heterocycles. The minimum Gasteiger partial charge on any atom is -0.308 e. The van der Waals surface area contributed by atoms with E-state index >= 15 is 0 Å². The lowest BCUT2D eigenvalue weighted by Gasteiger charge is -2.13. The highest BCUT2D eigenvalue weighted by molar-refractivity contribution is 7.29. The van der Waals surface area contributed by atoms with Gasteiger partial charge in [0, 0.05) is 68.6 Å². The third-order valence-electron chi connectivity index (χ3n) is 9.77. The smallest absolute Gasteiger partial charge is 0.160 e. The van der Waals surface area contributed by atoms with Crippen molar-refractivity contribution in [3.63, 3.8) is 0 Å². The Morgan fingerprint density at radius 3 is 1.78 bits per heavy atom. The van der Waals surface area contributed by atoms with Crippen LogP contribution in [0.25, 0.3) is 101 Å². The number of nitrogens with zero attached hydrogens (tertiary/aromatic N) is 3. The molecule has 7 aromatic carbocycles. The zero-order valence-corrected chi connectivity index (χ0v) is 27.7. The normalized spacial score (nSPS) is 12.1. The van der Waals surface area contributed by atoms with Crippen LogP contribution in [-0.2, 0) is 0 Å². The third-order valence-corrected chi connectivity index (χ3v) is 12.1. The fourth-order valence-electron chi connectivity index (χ4n) is 7.67. The first kappa shape index (κ1) is 27.1. The summed E-state index contributed by atoms with van der Waals surface area (Å²) in [5.74, 6) is 0.732. The molecule has 0 radical (unpaired) electrons. The van der Waals surface area contributed by atoms with Crippen molar-refractivity contribution in [2.24, 2.45) is 0 Å². The molecular formula is C44H25N3S2. The Morgan fingerprint density at radius 1 is 0.449 bits per heavy atom. The average molecular weight is 660 g/mol. The summed E-state index contributed by atoms with van der Waals surface area (Å²) in [5.41, 5.74) is 7.51. The molecule has 11 rings (SSSR count). The molecule has 3 nitrogen and oxygen atoms in total. The largest absolute Gasteiger partial charge is 0.308 e. The van der Waals surface area contributed by atoms with Gasteiger partial charge < -0.3 is 4.57 Å². The number of benzene rings is 7. The summed E-state index contributed by atoms with van der Waals surface area (Å²) in [6.45, 7) is 0. The summed E-state index contributed by atoms with van der Waals surface area (Å²) < 4.78 is 7.80. The summed E-state index contributed by atoms with van der Waals surface area (Å²) in [5, 5.41) is 9.00. The molecule has 4 aromatic heterocycles. The third kappa shape index (κ3) is 3.88. The van der Waals surface area contributed by atoms with Crippen molar-refractivity contribution in [1.29, 1.82) is 0 Å². The van der Waals surface area contributed by atoms with Crippen LogP contribution in [0.1, 0.15) is 0 Å². The van der Waals surface area contributed by atoms with E-state index in [0.717, 1.165) is 39.2 Å². The Hall–Kier alpha value is -5.88. The molecule has 11 aromatic rings. The molecule has 0 aliphatic carbocycles. The Kier molecular flexibility index (Phi) is 5.70. The maximum absolute atomic E-state index is 5.22. The standard InChI is InChI=1S/C44H25N3S2/c1-3-13-26(14-4-1)40-32-25-28(23-24-33(32)45-44(46-40)27-15-5-2-6-16-27)47-34-20-10-7-17-29(34)39-41(47)43-38(31-19-9-12-22-36(31)49-43)37-30-18-8-11-21-35(30)48-42(37)39/h1-25H. The quantitative estimate of drug-likeness (QED) is 0.189. The highest BCUT2D eigenvalue weighted by Gasteiger charge is 2.24. The van der Waals surface area contributed by atoms with E-state index in [1.54, 1.807) is 0 Å². The zero-order chi connectivity index (χ0) is 32.1. The van der Waals surface area contributed by atoms with Crippen LogP contribution in [0.5, 0.6) is 0 Å². The Balaban J connectivity index is 1.31. The molecule has 0 fully saturated rings. The van der Waals surface area contributed by atoms with Crippen molar-refractivity contribution in [2.45, 2.75) is 0 Å². The minimum absolute atomic E-state index is 0.732. The van der Waals surface area contributed by atoms with Gasteiger partial charge in [0.15, 0.2) is 5.82 Å². The molecule has 0 atom stereocenters. The van der Waals surface area contributed by atoms with Crippen LogP contribution in [0, 0.1) is 0 Å². The lowest BCUT2D eigenvalue weighted by atomic mass is 10.0. The number of rotatable bonds is 3. The lowest BCUT2D eigenvalue weighted by molar-refractivity contribution is 1.18. The van der Waals surface area contributed by atoms with Gasteiger partial charge in [-0.15, -0.1) is 22.7 Å². The van der Waals surface area contributed by atoms with Gasteiger partial charge in [-0.1, -0.05) is 115 Å². The number of hydrogen-bond acceptors (Lipinski definition) is 4. The highest BCUT2D eigenvalue weighted by atomic mass is 32.1. The van der Waals surface area contributed by atoms with Gasteiger partial charge in [0.1, 0.15) is 0 Å². The van der Waals surface area contributed by atoms with Gasteiger partial charge in [-0.05, 0) is 36.4 Å². The molecule has 0 unspecified atom stereocenters. The number of hydrogen-bond donors (Lipinski definition) is 0. The molecule has 0 bridgehead atoms. The second-order valence-corrected chi connectivity index (χ2v) is 14.6. The van der Waals surface area contributed by atoms with E-state index in [1.807, 2.05) is 40.9 Å². The van der Waals surface area contributed by atoms with Gasteiger partial charge in [-0.3, -0.25) is 0 Å². The molecule has 5 heteroatoms. The molecule has 0 aliphatic rings. The van der Waals surface area contributed by atoms with Gasteiger partial charge in [0.05, 0.1) is 26.9 Å². The van der Waals surface area contributed by atoms with Crippen LogP contribution < -0.4 is 0 Å². The Bertz CT molecular complexity index is 3100. The van der Waals surface area contributed by atoms with Gasteiger partial charge in [0.2, 0.25) is 0 Å². The first-order chi connectivity index (χ1) is 24.3. The fraction of sp³-hybridized carbons (Fsp3) is 0. The van der Waals surface area contributed by atoms with Crippen LogP contribution in [0.3, 0.4) is 0 Å². The summed E-state index contributed by atoms with van der Waals surface area (Å²) in [4.78, 5) is 10.3. The molecule has 0 aliphatic heterocycles. The summed E-state index contributed by atoms with van der Waals surface area (Å²) >= 11 is 3.82. The summed E-state index contributed by atoms with van der Waals surface area (Å²) in [6.07, 6.45) is 0. The van der Waals surface area contributed by atoms with Gasteiger partial charge in [0.25, 0.3) is 0 Å². The molecule has 228 valence electrons. The maximum Gasteiger partial charge on any atom is 0.160 e. The van der Waals surface area contributed by atoms with Crippen LogP contribution in [0.15, 0.2) is 152 Å². The van der Waals surface area contributed by atoms with Gasteiger partial charge in [-0.25, -0.2) is 9.97 Å². The van der Waals surface area contributed by atoms with E-state index in [-0.39, 0.29) is 0 Å². The van der Waals surface area contributed by atoms with Gasteiger partial charge >= 0.3 is 0 Å². The van der Waals surface area contributed by atoms with Crippen molar-refractivity contribution in [1.82, 2.24) is 14.5 Å². The van der Waals surface area contributed by atoms with Crippen LogP contribution >= 0.6 is 22.7 Å². The predicted molar refractivity (Wildman–Crippen MR) is 211 cm³/mol. The molecule has 0 saturated carbocycles. The molecular weight excluding hydrogens is 635 g/mol. The zero-order valence-electron chi connectivity index (χ0n) is 26.1. The minimum atomic E-state index is 0.732. The Morgan fingerprint density at radius 2 is 1.04 bits per heavy atom. The number of fused-ring (bicyclic) bond motifs is 13. The second kappa shape index (κ2) is 10.3. The van der Waals surface area contributed by atoms with E-state index < -0.39 is 0 Å². The van der Waals surface area contributed by atoms with E-state index in [9.17, 15) is 0 Å². The van der Waals surface area contributed by atoms with E-state index in [0.29, 0.717) is 0 Å². The molecule has 4 heterocycles. The molecule has 0 amide bonds. The number of aromatic nitrogens is 3. The summed E-state index contributed by atoms with van der Waals surface area (Å²) in [7, 11) is 0. The number of para-hydroxylation sites is 1. The average Bonchev–Trinajstić information content (AvgIpc) is 3.85. The molecule has 0 spiro atoms. The van der Waals surface area contributed by atoms with Crippen molar-refractivity contribution in [3.8, 4) is 28.3 Å². The first-order valence-corrected chi connectivity index (χ1v) is 18.1.